The van der Waals surface area contributed by atoms with Crippen molar-refractivity contribution in [2.24, 2.45) is 0 Å². The van der Waals surface area contributed by atoms with Crippen molar-refractivity contribution in [3.8, 4) is 34.6 Å². The van der Waals surface area contributed by atoms with Crippen LogP contribution >= 0.6 is 11.3 Å². The fourth-order valence-electron chi connectivity index (χ4n) is 2.79. The summed E-state index contributed by atoms with van der Waals surface area (Å²) in [6.07, 6.45) is 1.49. The van der Waals surface area contributed by atoms with Gasteiger partial charge in [0.1, 0.15) is 22.4 Å². The van der Waals surface area contributed by atoms with E-state index in [9.17, 15) is 15.4 Å². The maximum atomic E-state index is 10.9. The zero-order valence-electron chi connectivity index (χ0n) is 15.6. The fourth-order valence-corrected chi connectivity index (χ4v) is 3.59. The molecule has 10 heteroatoms. The van der Waals surface area contributed by atoms with Crippen LogP contribution in [-0.2, 0) is 0 Å². The largest absolute Gasteiger partial charge is 0.494 e. The zero-order valence-corrected chi connectivity index (χ0v) is 16.4. The number of hydrogen-bond acceptors (Lipinski definition) is 9. The fraction of sp³-hybridized carbons (Fsp3) is 0.100. The lowest BCUT2D eigenvalue weighted by Crippen LogP contribution is -1.96. The SMILES string of the molecule is COc1cc([N+](=O)[O-])ccc1N/C=C(\C#N)c1nc(-c2ccc3c(c2)OCO3)cs1. The number of aromatic nitrogens is 1. The van der Waals surface area contributed by atoms with Gasteiger partial charge in [0.05, 0.1) is 29.5 Å². The van der Waals surface area contributed by atoms with Gasteiger partial charge in [-0.05, 0) is 24.3 Å². The molecular weight excluding hydrogens is 408 g/mol. The molecule has 0 atom stereocenters. The number of allylic oxidation sites excluding steroid dienone is 1. The molecule has 1 aromatic heterocycles. The molecule has 3 aromatic rings. The highest BCUT2D eigenvalue weighted by Crippen LogP contribution is 2.36. The molecule has 0 radical (unpaired) electrons. The Morgan fingerprint density at radius 1 is 1.33 bits per heavy atom. The maximum Gasteiger partial charge on any atom is 0.273 e. The van der Waals surface area contributed by atoms with Crippen LogP contribution in [0.2, 0.25) is 0 Å². The number of rotatable bonds is 6. The quantitative estimate of drug-likeness (QED) is 0.352. The zero-order chi connectivity index (χ0) is 21.1. The van der Waals surface area contributed by atoms with Gasteiger partial charge >= 0.3 is 0 Å². The van der Waals surface area contributed by atoms with E-state index in [4.69, 9.17) is 14.2 Å². The smallest absolute Gasteiger partial charge is 0.273 e. The van der Waals surface area contributed by atoms with Crippen molar-refractivity contribution in [2.45, 2.75) is 0 Å². The summed E-state index contributed by atoms with van der Waals surface area (Å²) in [7, 11) is 1.41. The van der Waals surface area contributed by atoms with Crippen LogP contribution in [0.3, 0.4) is 0 Å². The number of anilines is 1. The molecule has 1 aliphatic rings. The molecule has 2 heterocycles. The topological polar surface area (TPSA) is 120 Å². The lowest BCUT2D eigenvalue weighted by molar-refractivity contribution is -0.384. The van der Waals surface area contributed by atoms with Crippen LogP contribution in [0.15, 0.2) is 48.0 Å². The highest BCUT2D eigenvalue weighted by atomic mass is 32.1. The average molecular weight is 422 g/mol. The van der Waals surface area contributed by atoms with Gasteiger partial charge in [0, 0.05) is 23.2 Å². The molecule has 2 aromatic carbocycles. The highest BCUT2D eigenvalue weighted by molar-refractivity contribution is 7.11. The third-order valence-electron chi connectivity index (χ3n) is 4.29. The number of thiazole rings is 1. The molecule has 9 nitrogen and oxygen atoms in total. The predicted molar refractivity (Wildman–Crippen MR) is 111 cm³/mol. The van der Waals surface area contributed by atoms with Crippen molar-refractivity contribution in [3.05, 3.63) is 63.1 Å². The number of benzene rings is 2. The molecule has 0 saturated carbocycles. The number of hydrogen-bond donors (Lipinski definition) is 1. The van der Waals surface area contributed by atoms with Crippen LogP contribution in [-0.4, -0.2) is 23.8 Å². The van der Waals surface area contributed by atoms with Crippen LogP contribution in [0, 0.1) is 21.4 Å². The second kappa shape index (κ2) is 8.10. The molecule has 4 rings (SSSR count). The van der Waals surface area contributed by atoms with E-state index < -0.39 is 4.92 Å². The van der Waals surface area contributed by atoms with Crippen molar-refractivity contribution in [2.75, 3.05) is 19.2 Å². The van der Waals surface area contributed by atoms with Gasteiger partial charge in [0.2, 0.25) is 6.79 Å². The van der Waals surface area contributed by atoms with E-state index in [1.807, 2.05) is 23.6 Å². The maximum absolute atomic E-state index is 10.9. The summed E-state index contributed by atoms with van der Waals surface area (Å²) in [5.41, 5.74) is 2.28. The van der Waals surface area contributed by atoms with Gasteiger partial charge in [-0.15, -0.1) is 11.3 Å². The Kier molecular flexibility index (Phi) is 5.19. The van der Waals surface area contributed by atoms with Gasteiger partial charge in [-0.2, -0.15) is 5.26 Å². The molecule has 1 N–H and O–H groups in total. The molecule has 0 amide bonds. The van der Waals surface area contributed by atoms with Gasteiger partial charge in [-0.1, -0.05) is 0 Å². The van der Waals surface area contributed by atoms with Gasteiger partial charge in [-0.25, -0.2) is 4.98 Å². The summed E-state index contributed by atoms with van der Waals surface area (Å²) in [5, 5.41) is 25.8. The Balaban J connectivity index is 1.57. The summed E-state index contributed by atoms with van der Waals surface area (Å²) < 4.78 is 15.9. The van der Waals surface area contributed by atoms with Gasteiger partial charge in [0.15, 0.2) is 11.5 Å². The number of nitrogens with zero attached hydrogens (tertiary/aromatic N) is 3. The third kappa shape index (κ3) is 3.74. The summed E-state index contributed by atoms with van der Waals surface area (Å²) in [4.78, 5) is 14.9. The number of nitriles is 1. The lowest BCUT2D eigenvalue weighted by Gasteiger charge is -2.08. The van der Waals surface area contributed by atoms with Crippen LogP contribution in [0.1, 0.15) is 5.01 Å². The number of nitrogens with one attached hydrogen (secondary N) is 1. The third-order valence-corrected chi connectivity index (χ3v) is 5.17. The Hall–Kier alpha value is -4.10. The second-order valence-corrected chi connectivity index (χ2v) is 6.92. The second-order valence-electron chi connectivity index (χ2n) is 6.06. The number of methoxy groups -OCH3 is 1. The van der Waals surface area contributed by atoms with Crippen molar-refractivity contribution in [1.82, 2.24) is 4.98 Å². The first kappa shape index (κ1) is 19.2. The number of non-ortho nitro benzene ring substituents is 1. The Morgan fingerprint density at radius 3 is 2.93 bits per heavy atom. The van der Waals surface area contributed by atoms with E-state index in [1.165, 1.54) is 42.8 Å². The molecule has 0 aliphatic carbocycles. The van der Waals surface area contributed by atoms with Crippen LogP contribution in [0.5, 0.6) is 17.2 Å². The van der Waals surface area contributed by atoms with Gasteiger partial charge in [0.25, 0.3) is 5.69 Å². The normalized spacial score (nSPS) is 12.3. The standard InChI is InChI=1S/C20H14N4O5S/c1-27-18-7-14(24(25)26)3-4-15(18)22-9-13(8-21)20-23-16(10-30-20)12-2-5-17-19(6-12)29-11-28-17/h2-7,9-10,22H,11H2,1H3/b13-9+. The van der Waals surface area contributed by atoms with E-state index in [0.717, 1.165) is 5.56 Å². The average Bonchev–Trinajstić information content (AvgIpc) is 3.43. The van der Waals surface area contributed by atoms with Crippen LogP contribution < -0.4 is 19.5 Å². The minimum Gasteiger partial charge on any atom is -0.494 e. The van der Waals surface area contributed by atoms with Crippen LogP contribution in [0.25, 0.3) is 16.8 Å². The molecule has 0 fully saturated rings. The molecule has 0 saturated heterocycles. The minimum absolute atomic E-state index is 0.0878. The van der Waals surface area contributed by atoms with Gasteiger partial charge in [-0.3, -0.25) is 10.1 Å². The number of ether oxygens (including phenoxy) is 3. The molecule has 150 valence electrons. The first-order valence-corrected chi connectivity index (χ1v) is 9.52. The van der Waals surface area contributed by atoms with Crippen LogP contribution in [0.4, 0.5) is 11.4 Å². The van der Waals surface area contributed by atoms with E-state index >= 15 is 0 Å². The van der Waals surface area contributed by atoms with Crippen molar-refractivity contribution >= 4 is 28.3 Å². The first-order valence-electron chi connectivity index (χ1n) is 8.64. The minimum atomic E-state index is -0.504. The van der Waals surface area contributed by atoms with E-state index in [0.29, 0.717) is 33.5 Å². The van der Waals surface area contributed by atoms with Gasteiger partial charge < -0.3 is 19.5 Å². The van der Waals surface area contributed by atoms with E-state index in [-0.39, 0.29) is 18.2 Å². The molecule has 0 unspecified atom stereocenters. The van der Waals surface area contributed by atoms with Crippen molar-refractivity contribution in [1.29, 1.82) is 5.26 Å². The molecule has 30 heavy (non-hydrogen) atoms. The number of nitro benzene ring substituents is 1. The predicted octanol–water partition coefficient (Wildman–Crippen LogP) is 4.43. The van der Waals surface area contributed by atoms with Crippen molar-refractivity contribution in [3.63, 3.8) is 0 Å². The number of fused-ring (bicyclic) bond motifs is 1. The number of nitro groups is 1. The van der Waals surface area contributed by atoms with Crippen molar-refractivity contribution < 1.29 is 19.1 Å². The van der Waals surface area contributed by atoms with E-state index in [1.54, 1.807) is 0 Å². The molecule has 0 spiro atoms. The summed E-state index contributed by atoms with van der Waals surface area (Å²) in [6.45, 7) is 0.195. The highest BCUT2D eigenvalue weighted by Gasteiger charge is 2.16. The molecule has 1 aliphatic heterocycles. The molecular formula is C20H14N4O5S. The monoisotopic (exact) mass is 422 g/mol. The lowest BCUT2D eigenvalue weighted by atomic mass is 10.1. The van der Waals surface area contributed by atoms with E-state index in [2.05, 4.69) is 16.4 Å². The Labute approximate surface area is 174 Å². The Bertz CT molecular complexity index is 1200. The first-order chi connectivity index (χ1) is 14.6. The summed E-state index contributed by atoms with van der Waals surface area (Å²) in [6, 6.07) is 11.8. The summed E-state index contributed by atoms with van der Waals surface area (Å²) >= 11 is 1.33. The Morgan fingerprint density at radius 2 is 2.17 bits per heavy atom. The summed E-state index contributed by atoms with van der Waals surface area (Å²) in [5.74, 6) is 1.64. The molecule has 0 bridgehead atoms.